The Hall–Kier alpha value is -2.02. The first-order valence-corrected chi connectivity index (χ1v) is 6.96. The van der Waals surface area contributed by atoms with Crippen molar-refractivity contribution in [2.45, 2.75) is 20.3 Å². The van der Waals surface area contributed by atoms with Crippen LogP contribution >= 0.6 is 11.3 Å². The minimum Gasteiger partial charge on any atom is -0.396 e. The quantitative estimate of drug-likeness (QED) is 0.850. The summed E-state index contributed by atoms with van der Waals surface area (Å²) in [6, 6.07) is 3.92. The predicted molar refractivity (Wildman–Crippen MR) is 77.2 cm³/mol. The third-order valence-electron chi connectivity index (χ3n) is 2.53. The summed E-state index contributed by atoms with van der Waals surface area (Å²) in [6.07, 6.45) is 0.810. The van der Waals surface area contributed by atoms with Crippen molar-refractivity contribution < 1.29 is 9.18 Å². The lowest BCUT2D eigenvalue weighted by Crippen LogP contribution is -2.12. The van der Waals surface area contributed by atoms with Crippen LogP contribution in [-0.4, -0.2) is 16.1 Å². The molecule has 0 atom stereocenters. The number of rotatable bonds is 4. The molecule has 5 nitrogen and oxygen atoms in total. The topological polar surface area (TPSA) is 80.9 Å². The summed E-state index contributed by atoms with van der Waals surface area (Å²) < 4.78 is 13.3. The van der Waals surface area contributed by atoms with E-state index < -0.39 is 11.7 Å². The number of hydrogen-bond donors (Lipinski definition) is 2. The molecule has 0 aliphatic rings. The molecular weight excluding hydrogens is 279 g/mol. The highest BCUT2D eigenvalue weighted by molar-refractivity contribution is 7.15. The van der Waals surface area contributed by atoms with Gasteiger partial charge in [0.2, 0.25) is 5.13 Å². The Morgan fingerprint density at radius 2 is 2.20 bits per heavy atom. The number of nitrogen functional groups attached to an aromatic ring is 1. The average Bonchev–Trinajstić information content (AvgIpc) is 2.79. The highest BCUT2D eigenvalue weighted by atomic mass is 32.1. The molecule has 0 unspecified atom stereocenters. The second-order valence-corrected chi connectivity index (χ2v) is 5.85. The third kappa shape index (κ3) is 3.51. The van der Waals surface area contributed by atoms with Gasteiger partial charge in [0.05, 0.1) is 5.69 Å². The van der Waals surface area contributed by atoms with Gasteiger partial charge in [-0.1, -0.05) is 25.2 Å². The lowest BCUT2D eigenvalue weighted by atomic mass is 10.1. The van der Waals surface area contributed by atoms with Gasteiger partial charge in [0.15, 0.2) is 0 Å². The van der Waals surface area contributed by atoms with Crippen LogP contribution in [0.3, 0.4) is 0 Å². The standard InChI is InChI=1S/C13H15FN4OS/c1-7(2)5-11-17-18-13(20-11)16-12(19)8-3-4-10(15)9(14)6-8/h3-4,6-7H,5,15H2,1-2H3,(H,16,18,19). The van der Waals surface area contributed by atoms with Gasteiger partial charge in [-0.15, -0.1) is 10.2 Å². The molecule has 7 heteroatoms. The summed E-state index contributed by atoms with van der Waals surface area (Å²) in [5, 5.41) is 11.7. The van der Waals surface area contributed by atoms with E-state index in [1.165, 1.54) is 23.5 Å². The molecule has 0 bridgehead atoms. The second kappa shape index (κ2) is 5.96. The van der Waals surface area contributed by atoms with Crippen molar-refractivity contribution in [3.05, 3.63) is 34.6 Å². The van der Waals surface area contributed by atoms with Gasteiger partial charge in [0, 0.05) is 12.0 Å². The highest BCUT2D eigenvalue weighted by Gasteiger charge is 2.12. The summed E-state index contributed by atoms with van der Waals surface area (Å²) in [5.41, 5.74) is 5.57. The molecule has 0 saturated carbocycles. The van der Waals surface area contributed by atoms with Crippen LogP contribution < -0.4 is 11.1 Å². The molecule has 0 spiro atoms. The summed E-state index contributed by atoms with van der Waals surface area (Å²) >= 11 is 1.32. The number of aromatic nitrogens is 2. The average molecular weight is 294 g/mol. The highest BCUT2D eigenvalue weighted by Crippen LogP contribution is 2.19. The molecule has 20 heavy (non-hydrogen) atoms. The minimum atomic E-state index is -0.615. The van der Waals surface area contributed by atoms with E-state index in [9.17, 15) is 9.18 Å². The van der Waals surface area contributed by atoms with E-state index in [-0.39, 0.29) is 11.3 Å². The van der Waals surface area contributed by atoms with E-state index in [2.05, 4.69) is 29.4 Å². The minimum absolute atomic E-state index is 0.0108. The first-order chi connectivity index (χ1) is 9.45. The van der Waals surface area contributed by atoms with Crippen LogP contribution in [0.5, 0.6) is 0 Å². The number of benzene rings is 1. The van der Waals surface area contributed by atoms with Crippen molar-refractivity contribution in [1.29, 1.82) is 0 Å². The van der Waals surface area contributed by atoms with Crippen molar-refractivity contribution >= 4 is 28.1 Å². The number of hydrogen-bond acceptors (Lipinski definition) is 5. The van der Waals surface area contributed by atoms with Crippen LogP contribution in [0.2, 0.25) is 0 Å². The van der Waals surface area contributed by atoms with E-state index in [1.807, 2.05) is 0 Å². The molecule has 2 aromatic rings. The Balaban J connectivity index is 2.07. The van der Waals surface area contributed by atoms with Gasteiger partial charge >= 0.3 is 0 Å². The van der Waals surface area contributed by atoms with Crippen LogP contribution in [0.4, 0.5) is 15.2 Å². The molecule has 0 aliphatic heterocycles. The zero-order valence-electron chi connectivity index (χ0n) is 11.2. The molecule has 106 valence electrons. The molecule has 2 rings (SSSR count). The Morgan fingerprint density at radius 1 is 1.45 bits per heavy atom. The molecule has 3 N–H and O–H groups in total. The van der Waals surface area contributed by atoms with Crippen LogP contribution in [0, 0.1) is 11.7 Å². The van der Waals surface area contributed by atoms with Crippen molar-refractivity contribution in [3.63, 3.8) is 0 Å². The SMILES string of the molecule is CC(C)Cc1nnc(NC(=O)c2ccc(N)c(F)c2)s1. The van der Waals surface area contributed by atoms with Gasteiger partial charge in [0.25, 0.3) is 5.91 Å². The van der Waals surface area contributed by atoms with Gasteiger partial charge in [0.1, 0.15) is 10.8 Å². The molecule has 1 heterocycles. The fourth-order valence-electron chi connectivity index (χ4n) is 1.57. The maximum Gasteiger partial charge on any atom is 0.257 e. The summed E-state index contributed by atoms with van der Waals surface area (Å²) in [4.78, 5) is 11.9. The normalized spacial score (nSPS) is 10.8. The van der Waals surface area contributed by atoms with Gasteiger partial charge in [-0.2, -0.15) is 0 Å². The monoisotopic (exact) mass is 294 g/mol. The molecule has 0 aliphatic carbocycles. The van der Waals surface area contributed by atoms with Gasteiger partial charge in [-0.25, -0.2) is 4.39 Å². The Bertz CT molecular complexity index is 627. The Morgan fingerprint density at radius 3 is 2.85 bits per heavy atom. The predicted octanol–water partition coefficient (Wildman–Crippen LogP) is 2.71. The number of amides is 1. The lowest BCUT2D eigenvalue weighted by Gasteiger charge is -2.02. The molecule has 1 amide bonds. The summed E-state index contributed by atoms with van der Waals surface area (Å²) in [5.74, 6) is -0.579. The van der Waals surface area contributed by atoms with Crippen LogP contribution in [0.15, 0.2) is 18.2 Å². The number of anilines is 2. The number of carbonyl (C=O) groups excluding carboxylic acids is 1. The lowest BCUT2D eigenvalue weighted by molar-refractivity contribution is 0.102. The summed E-state index contributed by atoms with van der Waals surface area (Å²) in [6.45, 7) is 4.16. The molecule has 1 aromatic heterocycles. The maximum atomic E-state index is 13.3. The Kier molecular flexibility index (Phi) is 4.29. The number of nitrogens with one attached hydrogen (secondary N) is 1. The van der Waals surface area contributed by atoms with E-state index in [0.29, 0.717) is 11.0 Å². The number of nitrogens with two attached hydrogens (primary N) is 1. The second-order valence-electron chi connectivity index (χ2n) is 4.79. The van der Waals surface area contributed by atoms with Gasteiger partial charge in [-0.05, 0) is 24.1 Å². The largest absolute Gasteiger partial charge is 0.396 e. The third-order valence-corrected chi connectivity index (χ3v) is 3.39. The van der Waals surface area contributed by atoms with Crippen molar-refractivity contribution in [2.75, 3.05) is 11.1 Å². The summed E-state index contributed by atoms with van der Waals surface area (Å²) in [7, 11) is 0. The van der Waals surface area contributed by atoms with Crippen molar-refractivity contribution in [3.8, 4) is 0 Å². The fourth-order valence-corrected chi connectivity index (χ4v) is 2.52. The molecule has 0 saturated heterocycles. The molecule has 0 fully saturated rings. The maximum absolute atomic E-state index is 13.3. The van der Waals surface area contributed by atoms with E-state index in [1.54, 1.807) is 0 Å². The first-order valence-electron chi connectivity index (χ1n) is 6.14. The smallest absolute Gasteiger partial charge is 0.257 e. The fraction of sp³-hybridized carbons (Fsp3) is 0.308. The zero-order chi connectivity index (χ0) is 14.7. The van der Waals surface area contributed by atoms with Crippen LogP contribution in [0.25, 0.3) is 0 Å². The van der Waals surface area contributed by atoms with Crippen molar-refractivity contribution in [1.82, 2.24) is 10.2 Å². The van der Waals surface area contributed by atoms with Crippen LogP contribution in [0.1, 0.15) is 29.2 Å². The number of halogens is 1. The molecular formula is C13H15FN4OS. The van der Waals surface area contributed by atoms with Gasteiger partial charge in [-0.3, -0.25) is 10.1 Å². The number of carbonyl (C=O) groups is 1. The van der Waals surface area contributed by atoms with E-state index in [4.69, 9.17) is 5.73 Å². The molecule has 0 radical (unpaired) electrons. The van der Waals surface area contributed by atoms with E-state index in [0.717, 1.165) is 17.5 Å². The Labute approximate surface area is 120 Å². The first kappa shape index (κ1) is 14.4. The van der Waals surface area contributed by atoms with E-state index >= 15 is 0 Å². The molecule has 1 aromatic carbocycles. The van der Waals surface area contributed by atoms with Crippen molar-refractivity contribution in [2.24, 2.45) is 5.92 Å². The zero-order valence-corrected chi connectivity index (χ0v) is 12.0. The van der Waals surface area contributed by atoms with Gasteiger partial charge < -0.3 is 5.73 Å². The van der Waals surface area contributed by atoms with Crippen LogP contribution in [-0.2, 0) is 6.42 Å². The number of nitrogens with zero attached hydrogens (tertiary/aromatic N) is 2.